The van der Waals surface area contributed by atoms with E-state index in [1.54, 1.807) is 0 Å². The van der Waals surface area contributed by atoms with Crippen molar-refractivity contribution in [1.29, 1.82) is 0 Å². The van der Waals surface area contributed by atoms with Gasteiger partial charge < -0.3 is 14.8 Å². The summed E-state index contributed by atoms with van der Waals surface area (Å²) in [5.74, 6) is 1.31. The van der Waals surface area contributed by atoms with Crippen molar-refractivity contribution in [2.75, 3.05) is 26.3 Å². The highest BCUT2D eigenvalue weighted by Gasteiger charge is 2.31. The summed E-state index contributed by atoms with van der Waals surface area (Å²) in [7, 11) is -3.69. The topological polar surface area (TPSA) is 111 Å². The number of carbonyl (C=O) groups is 1. The third kappa shape index (κ3) is 4.72. The number of nitrogens with zero attached hydrogens (tertiary/aromatic N) is 1. The minimum Gasteiger partial charge on any atom is -0.486 e. The second-order valence-corrected chi connectivity index (χ2v) is 8.90. The second-order valence-electron chi connectivity index (χ2n) is 7.35. The van der Waals surface area contributed by atoms with Crippen LogP contribution in [-0.2, 0) is 15.0 Å². The molecule has 3 rings (SSSR count). The highest BCUT2D eigenvalue weighted by atomic mass is 32.2. The van der Waals surface area contributed by atoms with E-state index in [1.165, 1.54) is 4.31 Å². The smallest absolute Gasteiger partial charge is 0.276 e. The molecule has 8 nitrogen and oxygen atoms in total. The predicted octanol–water partition coefficient (Wildman–Crippen LogP) is 1.19. The van der Waals surface area contributed by atoms with Crippen LogP contribution in [0.15, 0.2) is 18.2 Å². The van der Waals surface area contributed by atoms with Crippen molar-refractivity contribution in [2.24, 2.45) is 17.0 Å². The third-order valence-corrected chi connectivity index (χ3v) is 6.16. The minimum atomic E-state index is -3.69. The molecule has 0 saturated carbocycles. The van der Waals surface area contributed by atoms with Gasteiger partial charge in [-0.15, -0.1) is 0 Å². The molecule has 1 amide bonds. The van der Waals surface area contributed by atoms with E-state index < -0.39 is 10.2 Å². The van der Waals surface area contributed by atoms with Crippen LogP contribution >= 0.6 is 0 Å². The Kier molecular flexibility index (Phi) is 5.92. The molecule has 1 saturated heterocycles. The minimum absolute atomic E-state index is 0.0577. The standard InChI is InChI=1S/C18H27N3O5S/c1-12(2)17(14-3-4-15-16(11-14)26-10-9-25-15)20-18(22)13-5-7-21(8-6-13)27(19,23)24/h3-4,11-13,17H,5-10H2,1-2H3,(H,20,22)(H2,19,23,24). The van der Waals surface area contributed by atoms with Gasteiger partial charge in [0, 0.05) is 19.0 Å². The lowest BCUT2D eigenvalue weighted by Gasteiger charge is -2.31. The summed E-state index contributed by atoms with van der Waals surface area (Å²) in [6.45, 7) is 5.68. The van der Waals surface area contributed by atoms with Gasteiger partial charge in [0.15, 0.2) is 11.5 Å². The van der Waals surface area contributed by atoms with E-state index in [1.807, 2.05) is 32.0 Å². The van der Waals surface area contributed by atoms with E-state index in [4.69, 9.17) is 14.6 Å². The van der Waals surface area contributed by atoms with E-state index in [2.05, 4.69) is 5.32 Å². The molecule has 2 heterocycles. The molecule has 0 radical (unpaired) electrons. The molecule has 1 fully saturated rings. The number of carbonyl (C=O) groups excluding carboxylic acids is 1. The highest BCUT2D eigenvalue weighted by molar-refractivity contribution is 7.86. The van der Waals surface area contributed by atoms with Gasteiger partial charge in [-0.05, 0) is 36.5 Å². The molecule has 150 valence electrons. The van der Waals surface area contributed by atoms with Crippen molar-refractivity contribution < 1.29 is 22.7 Å². The van der Waals surface area contributed by atoms with Gasteiger partial charge in [0.05, 0.1) is 6.04 Å². The zero-order valence-corrected chi connectivity index (χ0v) is 16.5. The first kappa shape index (κ1) is 19.9. The molecule has 0 spiro atoms. The van der Waals surface area contributed by atoms with Crippen LogP contribution in [-0.4, -0.2) is 44.9 Å². The largest absolute Gasteiger partial charge is 0.486 e. The number of fused-ring (bicyclic) bond motifs is 1. The first-order valence-corrected chi connectivity index (χ1v) is 10.7. The summed E-state index contributed by atoms with van der Waals surface area (Å²) in [5.41, 5.74) is 0.963. The first-order chi connectivity index (χ1) is 12.8. The molecule has 9 heteroatoms. The maximum atomic E-state index is 12.8. The number of hydrogen-bond acceptors (Lipinski definition) is 5. The molecule has 3 N–H and O–H groups in total. The van der Waals surface area contributed by atoms with Crippen molar-refractivity contribution in [3.05, 3.63) is 23.8 Å². The van der Waals surface area contributed by atoms with Gasteiger partial charge in [0.1, 0.15) is 13.2 Å². The number of nitrogens with one attached hydrogen (secondary N) is 1. The first-order valence-electron chi connectivity index (χ1n) is 9.23. The number of benzene rings is 1. The maximum Gasteiger partial charge on any atom is 0.276 e. The molecular weight excluding hydrogens is 370 g/mol. The molecule has 2 aliphatic rings. The number of piperidine rings is 1. The van der Waals surface area contributed by atoms with E-state index in [0.717, 1.165) is 5.56 Å². The molecule has 1 unspecified atom stereocenters. The van der Waals surface area contributed by atoms with Gasteiger partial charge in [-0.2, -0.15) is 12.7 Å². The van der Waals surface area contributed by atoms with Crippen molar-refractivity contribution in [1.82, 2.24) is 9.62 Å². The number of amides is 1. The Labute approximate surface area is 160 Å². The number of nitrogens with two attached hydrogens (primary N) is 1. The second kappa shape index (κ2) is 8.04. The van der Waals surface area contributed by atoms with Gasteiger partial charge in [-0.1, -0.05) is 19.9 Å². The monoisotopic (exact) mass is 397 g/mol. The average Bonchev–Trinajstić information content (AvgIpc) is 2.64. The number of hydrogen-bond donors (Lipinski definition) is 2. The summed E-state index contributed by atoms with van der Waals surface area (Å²) >= 11 is 0. The average molecular weight is 397 g/mol. The van der Waals surface area contributed by atoms with Crippen molar-refractivity contribution in [3.63, 3.8) is 0 Å². The van der Waals surface area contributed by atoms with E-state index >= 15 is 0 Å². The van der Waals surface area contributed by atoms with Crippen LogP contribution < -0.4 is 19.9 Å². The summed E-state index contributed by atoms with van der Waals surface area (Å²) in [6.07, 6.45) is 0.933. The molecule has 27 heavy (non-hydrogen) atoms. The van der Waals surface area contributed by atoms with Crippen LogP contribution in [0.4, 0.5) is 0 Å². The molecule has 0 aromatic heterocycles. The van der Waals surface area contributed by atoms with Gasteiger partial charge >= 0.3 is 0 Å². The normalized spacial score (nSPS) is 19.7. The van der Waals surface area contributed by atoms with Crippen LogP contribution in [0.5, 0.6) is 11.5 Å². The lowest BCUT2D eigenvalue weighted by atomic mass is 9.92. The van der Waals surface area contributed by atoms with Gasteiger partial charge in [-0.25, -0.2) is 5.14 Å². The summed E-state index contributed by atoms with van der Waals surface area (Å²) in [4.78, 5) is 12.8. The SMILES string of the molecule is CC(C)C(NC(=O)C1CCN(S(N)(=O)=O)CC1)c1ccc2c(c1)OCCO2. The predicted molar refractivity (Wildman–Crippen MR) is 101 cm³/mol. The fourth-order valence-electron chi connectivity index (χ4n) is 3.53. The Morgan fingerprint density at radius 1 is 1.19 bits per heavy atom. The summed E-state index contributed by atoms with van der Waals surface area (Å²) in [6, 6.07) is 5.57. The quantitative estimate of drug-likeness (QED) is 0.775. The molecule has 1 aromatic rings. The molecule has 1 atom stereocenters. The lowest BCUT2D eigenvalue weighted by molar-refractivity contribution is -0.127. The Morgan fingerprint density at radius 2 is 1.81 bits per heavy atom. The fourth-order valence-corrected chi connectivity index (χ4v) is 4.25. The Morgan fingerprint density at radius 3 is 2.41 bits per heavy atom. The Bertz CT molecular complexity index is 788. The van der Waals surface area contributed by atoms with Crippen LogP contribution in [0.25, 0.3) is 0 Å². The summed E-state index contributed by atoms with van der Waals surface area (Å²) in [5, 5.41) is 8.29. The summed E-state index contributed by atoms with van der Waals surface area (Å²) < 4.78 is 35.2. The highest BCUT2D eigenvalue weighted by Crippen LogP contribution is 2.34. The molecule has 1 aromatic carbocycles. The van der Waals surface area contributed by atoms with Crippen LogP contribution in [0.1, 0.15) is 38.3 Å². The van der Waals surface area contributed by atoms with E-state index in [9.17, 15) is 13.2 Å². The Hall–Kier alpha value is -1.84. The molecule has 0 bridgehead atoms. The fraction of sp³-hybridized carbons (Fsp3) is 0.611. The number of rotatable bonds is 5. The van der Waals surface area contributed by atoms with E-state index in [0.29, 0.717) is 37.6 Å². The van der Waals surface area contributed by atoms with Gasteiger partial charge in [0.2, 0.25) is 5.91 Å². The third-order valence-electron chi connectivity index (χ3n) is 5.07. The molecule has 0 aliphatic carbocycles. The maximum absolute atomic E-state index is 12.8. The molecular formula is C18H27N3O5S. The van der Waals surface area contributed by atoms with Crippen LogP contribution in [0.2, 0.25) is 0 Å². The lowest BCUT2D eigenvalue weighted by Crippen LogP contribution is -2.46. The Balaban J connectivity index is 1.67. The van der Waals surface area contributed by atoms with Crippen molar-refractivity contribution >= 4 is 16.1 Å². The van der Waals surface area contributed by atoms with Crippen molar-refractivity contribution in [2.45, 2.75) is 32.7 Å². The van der Waals surface area contributed by atoms with E-state index in [-0.39, 0.29) is 36.9 Å². The van der Waals surface area contributed by atoms with Gasteiger partial charge in [0.25, 0.3) is 10.2 Å². The van der Waals surface area contributed by atoms with Crippen LogP contribution in [0, 0.1) is 11.8 Å². The van der Waals surface area contributed by atoms with Crippen molar-refractivity contribution in [3.8, 4) is 11.5 Å². The molecule has 2 aliphatic heterocycles. The number of ether oxygens (including phenoxy) is 2. The zero-order chi connectivity index (χ0) is 19.6. The van der Waals surface area contributed by atoms with Gasteiger partial charge in [-0.3, -0.25) is 4.79 Å². The zero-order valence-electron chi connectivity index (χ0n) is 15.7. The van der Waals surface area contributed by atoms with Crippen LogP contribution in [0.3, 0.4) is 0 Å².